The molecule has 4 rings (SSSR count). The summed E-state index contributed by atoms with van der Waals surface area (Å²) in [5.74, 6) is -1.05. The Bertz CT molecular complexity index is 1170. The topological polar surface area (TPSA) is 85.1 Å². The number of hydrogen-bond acceptors (Lipinski definition) is 5. The summed E-state index contributed by atoms with van der Waals surface area (Å²) in [6, 6.07) is 13.9. The summed E-state index contributed by atoms with van der Waals surface area (Å²) in [7, 11) is 0. The van der Waals surface area contributed by atoms with Crippen molar-refractivity contribution >= 4 is 23.0 Å². The van der Waals surface area contributed by atoms with Gasteiger partial charge in [-0.25, -0.2) is 4.98 Å². The molecule has 0 spiro atoms. The van der Waals surface area contributed by atoms with Gasteiger partial charge in [0.2, 0.25) is 5.91 Å². The van der Waals surface area contributed by atoms with Crippen molar-refractivity contribution in [1.29, 1.82) is 0 Å². The number of primary amides is 1. The van der Waals surface area contributed by atoms with E-state index in [1.165, 1.54) is 12.1 Å². The predicted octanol–water partition coefficient (Wildman–Crippen LogP) is 5.07. The number of ketones is 1. The van der Waals surface area contributed by atoms with Crippen LogP contribution in [0.4, 0.5) is 13.2 Å². The molecule has 3 N–H and O–H groups in total. The van der Waals surface area contributed by atoms with Gasteiger partial charge in [0.1, 0.15) is 16.2 Å². The highest BCUT2D eigenvalue weighted by Crippen LogP contribution is 2.39. The SMILES string of the molecule is NC(=O)C1(CC(=O)c2nc(-c3ccccc3)sc2-c2cccc(C(F)(F)F)c2)CCCCN1. The number of Topliss-reactive ketones (excluding diaryl/α,β-unsaturated/α-hetero) is 1. The number of benzene rings is 2. The molecule has 1 unspecified atom stereocenters. The zero-order chi connectivity index (χ0) is 23.6. The van der Waals surface area contributed by atoms with Crippen molar-refractivity contribution in [2.75, 3.05) is 6.54 Å². The molecule has 9 heteroatoms. The van der Waals surface area contributed by atoms with Gasteiger partial charge in [0.25, 0.3) is 0 Å². The Balaban J connectivity index is 1.79. The number of halogens is 3. The van der Waals surface area contributed by atoms with Crippen LogP contribution in [-0.2, 0) is 11.0 Å². The van der Waals surface area contributed by atoms with Crippen LogP contribution in [0.5, 0.6) is 0 Å². The summed E-state index contributed by atoms with van der Waals surface area (Å²) in [5.41, 5.74) is 4.69. The Hall–Kier alpha value is -3.04. The number of nitrogens with one attached hydrogen (secondary N) is 1. The van der Waals surface area contributed by atoms with Crippen LogP contribution in [-0.4, -0.2) is 28.8 Å². The lowest BCUT2D eigenvalue weighted by atomic mass is 9.83. The van der Waals surface area contributed by atoms with E-state index >= 15 is 0 Å². The Labute approximate surface area is 192 Å². The quantitative estimate of drug-likeness (QED) is 0.490. The monoisotopic (exact) mass is 473 g/mol. The standard InChI is InChI=1S/C24H22F3N3O2S/c25-24(26,27)17-10-6-9-16(13-17)20-19(30-21(33-20)15-7-2-1-3-8-15)18(31)14-23(22(28)32)11-4-5-12-29-23/h1-3,6-10,13,29H,4-5,11-12,14H2,(H2,28,32). The maximum atomic E-state index is 13.4. The number of nitrogens with two attached hydrogens (primary N) is 1. The molecule has 33 heavy (non-hydrogen) atoms. The maximum absolute atomic E-state index is 13.4. The van der Waals surface area contributed by atoms with Crippen molar-refractivity contribution in [3.05, 3.63) is 65.9 Å². The molecule has 0 radical (unpaired) electrons. The minimum atomic E-state index is -4.52. The Morgan fingerprint density at radius 1 is 1.06 bits per heavy atom. The van der Waals surface area contributed by atoms with Gasteiger partial charge in [-0.3, -0.25) is 9.59 Å². The summed E-state index contributed by atoms with van der Waals surface area (Å²) in [4.78, 5) is 30.5. The zero-order valence-electron chi connectivity index (χ0n) is 17.6. The first kappa shape index (κ1) is 23.1. The van der Waals surface area contributed by atoms with Gasteiger partial charge in [-0.15, -0.1) is 11.3 Å². The van der Waals surface area contributed by atoms with Crippen LogP contribution < -0.4 is 11.1 Å². The number of nitrogens with zero attached hydrogens (tertiary/aromatic N) is 1. The molecule has 0 aliphatic carbocycles. The number of aromatic nitrogens is 1. The number of piperidine rings is 1. The molecular weight excluding hydrogens is 451 g/mol. The number of thiazole rings is 1. The summed E-state index contributed by atoms with van der Waals surface area (Å²) in [6.07, 6.45) is -2.69. The molecule has 1 fully saturated rings. The second-order valence-electron chi connectivity index (χ2n) is 8.07. The van der Waals surface area contributed by atoms with Crippen molar-refractivity contribution in [1.82, 2.24) is 10.3 Å². The van der Waals surface area contributed by atoms with Crippen LogP contribution in [0.25, 0.3) is 21.0 Å². The molecule has 5 nitrogen and oxygen atoms in total. The second-order valence-corrected chi connectivity index (χ2v) is 9.07. The van der Waals surface area contributed by atoms with Crippen molar-refractivity contribution in [3.63, 3.8) is 0 Å². The molecule has 1 aliphatic heterocycles. The van der Waals surface area contributed by atoms with E-state index in [9.17, 15) is 22.8 Å². The van der Waals surface area contributed by atoms with Crippen molar-refractivity contribution in [3.8, 4) is 21.0 Å². The predicted molar refractivity (Wildman–Crippen MR) is 121 cm³/mol. The van der Waals surface area contributed by atoms with E-state index in [0.29, 0.717) is 22.9 Å². The highest BCUT2D eigenvalue weighted by Gasteiger charge is 2.41. The fourth-order valence-electron chi connectivity index (χ4n) is 4.02. The third-order valence-corrected chi connectivity index (χ3v) is 6.95. The van der Waals surface area contributed by atoms with E-state index in [0.717, 1.165) is 41.9 Å². The van der Waals surface area contributed by atoms with Crippen molar-refractivity contribution in [2.45, 2.75) is 37.4 Å². The molecule has 1 atom stereocenters. The third-order valence-electron chi connectivity index (χ3n) is 5.79. The molecule has 1 aliphatic rings. The molecule has 3 aromatic rings. The number of alkyl halides is 3. The first-order valence-corrected chi connectivity index (χ1v) is 11.3. The van der Waals surface area contributed by atoms with E-state index < -0.39 is 29.0 Å². The number of carbonyl (C=O) groups is 2. The van der Waals surface area contributed by atoms with E-state index in [2.05, 4.69) is 10.3 Å². The van der Waals surface area contributed by atoms with Crippen LogP contribution in [0, 0.1) is 0 Å². The Morgan fingerprint density at radius 2 is 1.79 bits per heavy atom. The van der Waals surface area contributed by atoms with E-state index in [1.54, 1.807) is 0 Å². The summed E-state index contributed by atoms with van der Waals surface area (Å²) < 4.78 is 40.0. The first-order chi connectivity index (χ1) is 15.7. The molecule has 0 saturated carbocycles. The molecular formula is C24H22F3N3O2S. The molecule has 1 saturated heterocycles. The van der Waals surface area contributed by atoms with E-state index in [4.69, 9.17) is 5.73 Å². The average Bonchev–Trinajstić information content (AvgIpc) is 3.26. The van der Waals surface area contributed by atoms with Gasteiger partial charge in [-0.1, -0.05) is 42.5 Å². The number of carbonyl (C=O) groups excluding carboxylic acids is 2. The lowest BCUT2D eigenvalue weighted by Crippen LogP contribution is -2.58. The fourth-order valence-corrected chi connectivity index (χ4v) is 5.10. The van der Waals surface area contributed by atoms with Crippen molar-refractivity contribution < 1.29 is 22.8 Å². The largest absolute Gasteiger partial charge is 0.416 e. The van der Waals surface area contributed by atoms with Crippen LogP contribution in [0.2, 0.25) is 0 Å². The van der Waals surface area contributed by atoms with Gasteiger partial charge in [0.15, 0.2) is 5.78 Å². The Morgan fingerprint density at radius 3 is 2.42 bits per heavy atom. The van der Waals surface area contributed by atoms with E-state index in [-0.39, 0.29) is 17.7 Å². The van der Waals surface area contributed by atoms with Gasteiger partial charge >= 0.3 is 6.18 Å². The molecule has 2 aromatic carbocycles. The molecule has 172 valence electrons. The summed E-state index contributed by atoms with van der Waals surface area (Å²) in [5, 5.41) is 3.60. The van der Waals surface area contributed by atoms with Gasteiger partial charge in [-0.05, 0) is 43.5 Å². The first-order valence-electron chi connectivity index (χ1n) is 10.5. The normalized spacial score (nSPS) is 18.8. The van der Waals surface area contributed by atoms with Crippen LogP contribution in [0.1, 0.15) is 41.7 Å². The van der Waals surface area contributed by atoms with Gasteiger partial charge in [0.05, 0.1) is 10.4 Å². The molecule has 1 aromatic heterocycles. The summed E-state index contributed by atoms with van der Waals surface area (Å²) >= 11 is 1.15. The number of rotatable bonds is 6. The minimum absolute atomic E-state index is 0.0474. The van der Waals surface area contributed by atoms with Crippen LogP contribution in [0.15, 0.2) is 54.6 Å². The highest BCUT2D eigenvalue weighted by molar-refractivity contribution is 7.18. The second kappa shape index (κ2) is 9.07. The highest BCUT2D eigenvalue weighted by atomic mass is 32.1. The molecule has 2 heterocycles. The fraction of sp³-hybridized carbons (Fsp3) is 0.292. The number of hydrogen-bond donors (Lipinski definition) is 2. The van der Waals surface area contributed by atoms with Crippen LogP contribution >= 0.6 is 11.3 Å². The van der Waals surface area contributed by atoms with Gasteiger partial charge in [-0.2, -0.15) is 13.2 Å². The summed E-state index contributed by atoms with van der Waals surface area (Å²) in [6.45, 7) is 0.559. The third kappa shape index (κ3) is 4.84. The van der Waals surface area contributed by atoms with Gasteiger partial charge in [0, 0.05) is 12.0 Å². The Kier molecular flexibility index (Phi) is 6.36. The lowest BCUT2D eigenvalue weighted by Gasteiger charge is -2.34. The molecule has 1 amide bonds. The van der Waals surface area contributed by atoms with Crippen LogP contribution in [0.3, 0.4) is 0 Å². The molecule has 0 bridgehead atoms. The zero-order valence-corrected chi connectivity index (χ0v) is 18.4. The van der Waals surface area contributed by atoms with Crippen molar-refractivity contribution in [2.24, 2.45) is 5.73 Å². The average molecular weight is 474 g/mol. The number of amides is 1. The van der Waals surface area contributed by atoms with E-state index in [1.807, 2.05) is 30.3 Å². The smallest absolute Gasteiger partial charge is 0.368 e. The maximum Gasteiger partial charge on any atom is 0.416 e. The lowest BCUT2D eigenvalue weighted by molar-refractivity contribution is -0.137. The van der Waals surface area contributed by atoms with Gasteiger partial charge < -0.3 is 11.1 Å². The minimum Gasteiger partial charge on any atom is -0.368 e.